The molecule has 104 valence electrons. The molecule has 2 rings (SSSR count). The van der Waals surface area contributed by atoms with E-state index < -0.39 is 11.9 Å². The van der Waals surface area contributed by atoms with E-state index in [2.05, 4.69) is 29.8 Å². The van der Waals surface area contributed by atoms with Crippen molar-refractivity contribution in [3.05, 3.63) is 34.3 Å². The number of carboxylic acids is 1. The smallest absolute Gasteiger partial charge is 0.311 e. The summed E-state index contributed by atoms with van der Waals surface area (Å²) in [4.78, 5) is 11.5. The van der Waals surface area contributed by atoms with Crippen LogP contribution in [0.5, 0.6) is 0 Å². The number of rotatable bonds is 4. The van der Waals surface area contributed by atoms with Crippen molar-refractivity contribution >= 4 is 21.9 Å². The van der Waals surface area contributed by atoms with Crippen LogP contribution in [0.25, 0.3) is 0 Å². The first kappa shape index (κ1) is 14.5. The van der Waals surface area contributed by atoms with E-state index in [9.17, 15) is 9.90 Å². The third-order valence-corrected chi connectivity index (χ3v) is 4.35. The molecule has 4 heteroatoms. The van der Waals surface area contributed by atoms with Crippen molar-refractivity contribution in [1.29, 1.82) is 0 Å². The second-order valence-electron chi connectivity index (χ2n) is 5.69. The first-order valence-electron chi connectivity index (χ1n) is 6.54. The van der Waals surface area contributed by atoms with E-state index in [0.717, 1.165) is 22.9 Å². The molecule has 3 nitrogen and oxygen atoms in total. The normalized spacial score (nSPS) is 23.2. The van der Waals surface area contributed by atoms with E-state index in [-0.39, 0.29) is 11.7 Å². The zero-order valence-corrected chi connectivity index (χ0v) is 12.8. The molecule has 19 heavy (non-hydrogen) atoms. The second-order valence-corrected chi connectivity index (χ2v) is 6.54. The maximum Gasteiger partial charge on any atom is 0.311 e. The maximum absolute atomic E-state index is 11.5. The fourth-order valence-electron chi connectivity index (χ4n) is 2.62. The van der Waals surface area contributed by atoms with Crippen LogP contribution in [-0.4, -0.2) is 22.8 Å². The molecule has 1 aromatic rings. The van der Waals surface area contributed by atoms with Crippen LogP contribution in [0.4, 0.5) is 0 Å². The summed E-state index contributed by atoms with van der Waals surface area (Å²) in [5.74, 6) is -1.31. The van der Waals surface area contributed by atoms with Crippen molar-refractivity contribution in [3.8, 4) is 0 Å². The van der Waals surface area contributed by atoms with Gasteiger partial charge < -0.3 is 9.84 Å². The molecule has 0 spiro atoms. The van der Waals surface area contributed by atoms with Gasteiger partial charge in [0, 0.05) is 4.47 Å². The Morgan fingerprint density at radius 1 is 1.53 bits per heavy atom. The van der Waals surface area contributed by atoms with Gasteiger partial charge in [0.2, 0.25) is 0 Å². The number of carboxylic acid groups (broad SMARTS) is 1. The number of aliphatic carboxylic acids is 1. The van der Waals surface area contributed by atoms with Crippen LogP contribution in [0.15, 0.2) is 28.7 Å². The van der Waals surface area contributed by atoms with E-state index in [1.807, 2.05) is 24.3 Å². The van der Waals surface area contributed by atoms with Gasteiger partial charge in [0.15, 0.2) is 0 Å². The SMILES string of the molecule is CC1(C)CCC(CC(C(=O)O)c2ccccc2Br)O1. The predicted molar refractivity (Wildman–Crippen MR) is 77.3 cm³/mol. The molecule has 0 aliphatic carbocycles. The summed E-state index contributed by atoms with van der Waals surface area (Å²) in [5.41, 5.74) is 0.699. The van der Waals surface area contributed by atoms with Crippen molar-refractivity contribution in [3.63, 3.8) is 0 Å². The highest BCUT2D eigenvalue weighted by molar-refractivity contribution is 9.10. The van der Waals surface area contributed by atoms with Crippen molar-refractivity contribution in [2.75, 3.05) is 0 Å². The largest absolute Gasteiger partial charge is 0.481 e. The molecular formula is C15H19BrO3. The molecule has 0 amide bonds. The van der Waals surface area contributed by atoms with Crippen LogP contribution in [0, 0.1) is 0 Å². The lowest BCUT2D eigenvalue weighted by molar-refractivity contribution is -0.140. The first-order chi connectivity index (χ1) is 8.89. The van der Waals surface area contributed by atoms with Gasteiger partial charge in [-0.1, -0.05) is 34.1 Å². The highest BCUT2D eigenvalue weighted by atomic mass is 79.9. The molecule has 1 aromatic carbocycles. The van der Waals surface area contributed by atoms with E-state index >= 15 is 0 Å². The number of carbonyl (C=O) groups is 1. The Kier molecular flexibility index (Phi) is 4.31. The molecular weight excluding hydrogens is 308 g/mol. The number of hydrogen-bond acceptors (Lipinski definition) is 2. The summed E-state index contributed by atoms with van der Waals surface area (Å²) in [6.45, 7) is 4.11. The van der Waals surface area contributed by atoms with Gasteiger partial charge in [0.25, 0.3) is 0 Å². The van der Waals surface area contributed by atoms with Crippen molar-refractivity contribution in [2.24, 2.45) is 0 Å². The highest BCUT2D eigenvalue weighted by Gasteiger charge is 2.35. The molecule has 0 radical (unpaired) electrons. The standard InChI is InChI=1S/C15H19BrO3/c1-15(2)8-7-10(19-15)9-12(14(17)18)11-5-3-4-6-13(11)16/h3-6,10,12H,7-9H2,1-2H3,(H,17,18). The summed E-state index contributed by atoms with van der Waals surface area (Å²) in [7, 11) is 0. The maximum atomic E-state index is 11.5. The Hall–Kier alpha value is -0.870. The zero-order chi connectivity index (χ0) is 14.0. The minimum Gasteiger partial charge on any atom is -0.481 e. The van der Waals surface area contributed by atoms with Gasteiger partial charge in [-0.25, -0.2) is 0 Å². The molecule has 1 fully saturated rings. The van der Waals surface area contributed by atoms with E-state index in [4.69, 9.17) is 4.74 Å². The fourth-order valence-corrected chi connectivity index (χ4v) is 3.19. The minimum atomic E-state index is -0.791. The van der Waals surface area contributed by atoms with Crippen LogP contribution in [0.3, 0.4) is 0 Å². The summed E-state index contributed by atoms with van der Waals surface area (Å²) >= 11 is 3.43. The van der Waals surface area contributed by atoms with E-state index in [1.165, 1.54) is 0 Å². The first-order valence-corrected chi connectivity index (χ1v) is 7.33. The minimum absolute atomic E-state index is 0.0307. The topological polar surface area (TPSA) is 46.5 Å². The van der Waals surface area contributed by atoms with Crippen molar-refractivity contribution in [2.45, 2.75) is 50.7 Å². The summed E-state index contributed by atoms with van der Waals surface area (Å²) in [5, 5.41) is 9.47. The molecule has 1 aliphatic heterocycles. The fraction of sp³-hybridized carbons (Fsp3) is 0.533. The van der Waals surface area contributed by atoms with Crippen LogP contribution >= 0.6 is 15.9 Å². The summed E-state index contributed by atoms with van der Waals surface area (Å²) in [6.07, 6.45) is 2.48. The van der Waals surface area contributed by atoms with Gasteiger partial charge in [0.05, 0.1) is 17.6 Å². The summed E-state index contributed by atoms with van der Waals surface area (Å²) < 4.78 is 6.76. The second kappa shape index (κ2) is 5.63. The Balaban J connectivity index is 2.14. The Labute approximate surface area is 122 Å². The highest BCUT2D eigenvalue weighted by Crippen LogP contribution is 2.36. The van der Waals surface area contributed by atoms with Crippen LogP contribution < -0.4 is 0 Å². The van der Waals surface area contributed by atoms with Gasteiger partial charge in [-0.3, -0.25) is 4.79 Å². The zero-order valence-electron chi connectivity index (χ0n) is 11.2. The molecule has 0 aromatic heterocycles. The van der Waals surface area contributed by atoms with Gasteiger partial charge in [-0.15, -0.1) is 0 Å². The Bertz CT molecular complexity index is 470. The van der Waals surface area contributed by atoms with Gasteiger partial charge >= 0.3 is 5.97 Å². The Morgan fingerprint density at radius 3 is 2.74 bits per heavy atom. The van der Waals surface area contributed by atoms with Crippen molar-refractivity contribution < 1.29 is 14.6 Å². The third-order valence-electron chi connectivity index (χ3n) is 3.63. The third kappa shape index (κ3) is 3.57. The molecule has 1 saturated heterocycles. The summed E-state index contributed by atoms with van der Waals surface area (Å²) in [6, 6.07) is 7.50. The quantitative estimate of drug-likeness (QED) is 0.910. The number of halogens is 1. The number of ether oxygens (including phenoxy) is 1. The molecule has 0 bridgehead atoms. The molecule has 2 atom stereocenters. The van der Waals surface area contributed by atoms with Gasteiger partial charge in [0.1, 0.15) is 0 Å². The molecule has 1 aliphatic rings. The average molecular weight is 327 g/mol. The lowest BCUT2D eigenvalue weighted by atomic mass is 9.92. The van der Waals surface area contributed by atoms with Crippen LogP contribution in [0.1, 0.15) is 44.6 Å². The number of hydrogen-bond donors (Lipinski definition) is 1. The monoisotopic (exact) mass is 326 g/mol. The average Bonchev–Trinajstić information content (AvgIpc) is 2.66. The van der Waals surface area contributed by atoms with E-state index in [0.29, 0.717) is 6.42 Å². The molecule has 1 heterocycles. The Morgan fingerprint density at radius 2 is 2.21 bits per heavy atom. The lowest BCUT2D eigenvalue weighted by Gasteiger charge is -2.22. The van der Waals surface area contributed by atoms with E-state index in [1.54, 1.807) is 0 Å². The lowest BCUT2D eigenvalue weighted by Crippen LogP contribution is -2.23. The van der Waals surface area contributed by atoms with Crippen molar-refractivity contribution in [1.82, 2.24) is 0 Å². The van der Waals surface area contributed by atoms with Crippen LogP contribution in [-0.2, 0) is 9.53 Å². The molecule has 2 unspecified atom stereocenters. The van der Waals surface area contributed by atoms with Gasteiger partial charge in [-0.05, 0) is 44.7 Å². The molecule has 1 N–H and O–H groups in total. The number of benzene rings is 1. The molecule has 0 saturated carbocycles. The van der Waals surface area contributed by atoms with Crippen LogP contribution in [0.2, 0.25) is 0 Å². The predicted octanol–water partition coefficient (Wildman–Crippen LogP) is 3.97. The van der Waals surface area contributed by atoms with Gasteiger partial charge in [-0.2, -0.15) is 0 Å².